The molecule has 0 amide bonds. The van der Waals surface area contributed by atoms with Gasteiger partial charge in [0.25, 0.3) is 0 Å². The van der Waals surface area contributed by atoms with E-state index in [4.69, 9.17) is 56.5 Å². The lowest BCUT2D eigenvalue weighted by molar-refractivity contribution is -0.384. The zero-order valence-corrected chi connectivity index (χ0v) is 44.8. The zero-order valence-electron chi connectivity index (χ0n) is 44.8. The van der Waals surface area contributed by atoms with Crippen molar-refractivity contribution in [3.63, 3.8) is 0 Å². The average Bonchev–Trinajstić information content (AvgIpc) is 1.56. The Kier molecular flexibility index (Phi) is 20.0. The van der Waals surface area contributed by atoms with E-state index in [1.54, 1.807) is 0 Å². The number of hydrogen-bond acceptors (Lipinski definition) is 31. The number of phenols is 3. The molecule has 85 heavy (non-hydrogen) atoms. The molecule has 468 valence electrons. The number of esters is 1. The van der Waals surface area contributed by atoms with E-state index in [9.17, 15) is 96.4 Å². The molecule has 5 aliphatic rings. The van der Waals surface area contributed by atoms with Crippen molar-refractivity contribution in [3.8, 4) is 40.1 Å². The Morgan fingerprint density at radius 3 is 1.62 bits per heavy atom. The molecule has 3 aromatic carbocycles. The predicted octanol–water partition coefficient (Wildman–Crippen LogP) is -5.27. The van der Waals surface area contributed by atoms with Gasteiger partial charge in [-0.1, -0.05) is 12.1 Å². The van der Waals surface area contributed by atoms with Crippen LogP contribution >= 0.6 is 0 Å². The fourth-order valence-corrected chi connectivity index (χ4v) is 10.1. The molecular formula is C54H66O31. The maximum atomic E-state index is 14.6. The van der Waals surface area contributed by atoms with Crippen molar-refractivity contribution in [1.29, 1.82) is 0 Å². The minimum absolute atomic E-state index is 0.0236. The number of ether oxygens (including phenoxy) is 11. The van der Waals surface area contributed by atoms with Crippen LogP contribution in [0.3, 0.4) is 0 Å². The summed E-state index contributed by atoms with van der Waals surface area (Å²) in [5.41, 5.74) is -1.06. The molecule has 5 fully saturated rings. The SMILES string of the molecule is C[C@@H]1O[C@@H](Oc2cc(O)c3c(=O)c(O[C@H]4O[C@@H](COC(=O)C=Cc5ccc(O)cc5)[C@H](O[C@H]5O[C@@H](CO)[C@H](O[C@@H]6O[C@@H](C)[C@H](O[C@H]7O[C@@H](CO)[C@H](O)[C@@H](O)[C@@H]7O)[C@@H](O)[C@H]6O)[C@@H](O)[C@@H]5O)[C@@H](O)[C@@H]4O)c(-c4ccc(O)cc4)oc3c2)[C@H](O)[C@@H](O)[C@@H]1O. The molecule has 0 unspecified atom stereocenters. The number of hydrogen-bond donors (Lipinski definition) is 17. The summed E-state index contributed by atoms with van der Waals surface area (Å²) < 4.78 is 69.3. The number of benzene rings is 3. The number of phenolic OH excluding ortho intramolecular Hbond substituents is 3. The summed E-state index contributed by atoms with van der Waals surface area (Å²) in [5, 5.41) is 182. The van der Waals surface area contributed by atoms with Gasteiger partial charge in [0.05, 0.1) is 25.4 Å². The summed E-state index contributed by atoms with van der Waals surface area (Å²) in [6.07, 6.45) is -43.1. The second-order valence-corrected chi connectivity index (χ2v) is 20.8. The van der Waals surface area contributed by atoms with Crippen LogP contribution in [0.5, 0.6) is 28.7 Å². The minimum Gasteiger partial charge on any atom is -0.508 e. The Morgan fingerprint density at radius 1 is 0.518 bits per heavy atom. The van der Waals surface area contributed by atoms with Crippen LogP contribution in [-0.4, -0.2) is 266 Å². The van der Waals surface area contributed by atoms with E-state index >= 15 is 0 Å². The van der Waals surface area contributed by atoms with Gasteiger partial charge in [-0.3, -0.25) is 4.79 Å². The first kappa shape index (κ1) is 63.7. The van der Waals surface area contributed by atoms with E-state index < -0.39 is 207 Å². The monoisotopic (exact) mass is 1210 g/mol. The molecule has 0 bridgehead atoms. The standard InChI is InChI=1S/C54H66O31/c1-18-32(61)35(64)40(69)50(75-18)77-24-13-25(59)31-26(14-24)78-46(21-6-10-23(58)11-7-21)49(34(31)63)85-54-44(73)39(68)48(29(81-54)17-74-30(60)12-5-20-3-8-22(57)9-4-20)84-53-43(72)38(67)47(28(16-56)80-53)83-51-42(71)37(66)45(19(2)76-51)82-52-41(70)36(65)33(62)27(15-55)79-52/h3-14,18-19,27-29,32-33,35-45,47-48,50-59,61-62,64-73H,15-17H2,1-2H3/t18-,19-,27-,28-,29-,32+,33-,35-,36+,37-,38-,39-,40+,41-,42+,43-,44-,45-,47-,48-,50-,51-,52+,53+,54+/m0/s1. The van der Waals surface area contributed by atoms with Gasteiger partial charge in [-0.05, 0) is 61.9 Å². The van der Waals surface area contributed by atoms with Gasteiger partial charge in [-0.2, -0.15) is 0 Å². The molecule has 5 saturated heterocycles. The molecular weight excluding hydrogens is 1140 g/mol. The van der Waals surface area contributed by atoms with Gasteiger partial charge in [-0.25, -0.2) is 4.79 Å². The lowest BCUT2D eigenvalue weighted by Gasteiger charge is -2.49. The first-order valence-corrected chi connectivity index (χ1v) is 26.6. The van der Waals surface area contributed by atoms with Gasteiger partial charge in [0.15, 0.2) is 24.6 Å². The van der Waals surface area contributed by atoms with Crippen molar-refractivity contribution in [2.75, 3.05) is 19.8 Å². The normalized spacial score (nSPS) is 38.9. The van der Waals surface area contributed by atoms with E-state index in [-0.39, 0.29) is 28.4 Å². The number of rotatable bonds is 17. The molecule has 0 spiro atoms. The Hall–Kier alpha value is -5.80. The molecule has 17 N–H and O–H groups in total. The first-order valence-electron chi connectivity index (χ1n) is 26.6. The second kappa shape index (κ2) is 26.7. The highest BCUT2D eigenvalue weighted by atomic mass is 16.8. The maximum Gasteiger partial charge on any atom is 0.330 e. The summed E-state index contributed by atoms with van der Waals surface area (Å²) in [5.74, 6) is -3.65. The largest absolute Gasteiger partial charge is 0.508 e. The number of fused-ring (bicyclic) bond motifs is 1. The molecule has 6 heterocycles. The van der Waals surface area contributed by atoms with Gasteiger partial charge in [0, 0.05) is 23.8 Å². The van der Waals surface area contributed by atoms with E-state index in [0.29, 0.717) is 5.56 Å². The Bertz CT molecular complexity index is 2980. The Morgan fingerprint density at radius 2 is 1.00 bits per heavy atom. The van der Waals surface area contributed by atoms with E-state index in [0.717, 1.165) is 18.2 Å². The van der Waals surface area contributed by atoms with Crippen LogP contribution in [0.15, 0.2) is 76.0 Å². The molecule has 4 aromatic rings. The summed E-state index contributed by atoms with van der Waals surface area (Å²) in [6, 6.07) is 12.7. The third-order valence-electron chi connectivity index (χ3n) is 15.0. The van der Waals surface area contributed by atoms with Crippen molar-refractivity contribution < 1.29 is 148 Å². The third-order valence-corrected chi connectivity index (χ3v) is 15.0. The van der Waals surface area contributed by atoms with Crippen molar-refractivity contribution in [2.45, 2.75) is 167 Å². The summed E-state index contributed by atoms with van der Waals surface area (Å²) in [4.78, 5) is 27.8. The van der Waals surface area contributed by atoms with Crippen LogP contribution in [0.1, 0.15) is 19.4 Å². The van der Waals surface area contributed by atoms with Crippen molar-refractivity contribution in [3.05, 3.63) is 82.5 Å². The highest BCUT2D eigenvalue weighted by Gasteiger charge is 2.55. The van der Waals surface area contributed by atoms with Crippen LogP contribution < -0.4 is 14.9 Å². The molecule has 1 aromatic heterocycles. The van der Waals surface area contributed by atoms with Crippen LogP contribution in [0.4, 0.5) is 0 Å². The molecule has 31 nitrogen and oxygen atoms in total. The Labute approximate surface area is 479 Å². The van der Waals surface area contributed by atoms with E-state index in [1.165, 1.54) is 68.5 Å². The number of aliphatic hydroxyl groups is 14. The van der Waals surface area contributed by atoms with Gasteiger partial charge in [0.2, 0.25) is 23.8 Å². The lowest BCUT2D eigenvalue weighted by atomic mass is 9.95. The zero-order chi connectivity index (χ0) is 61.5. The van der Waals surface area contributed by atoms with Crippen LogP contribution in [0.2, 0.25) is 0 Å². The van der Waals surface area contributed by atoms with Crippen molar-refractivity contribution in [2.24, 2.45) is 0 Å². The fraction of sp³-hybridized carbons (Fsp3) is 0.556. The fourth-order valence-electron chi connectivity index (χ4n) is 10.1. The van der Waals surface area contributed by atoms with Crippen molar-refractivity contribution in [1.82, 2.24) is 0 Å². The van der Waals surface area contributed by atoms with E-state index in [1.807, 2.05) is 0 Å². The lowest BCUT2D eigenvalue weighted by Crippen LogP contribution is -2.67. The first-order chi connectivity index (χ1) is 40.4. The predicted molar refractivity (Wildman–Crippen MR) is 276 cm³/mol. The van der Waals surface area contributed by atoms with Gasteiger partial charge < -0.3 is 143 Å². The number of carbonyl (C=O) groups is 1. The topological polar surface area (TPSA) is 493 Å². The van der Waals surface area contributed by atoms with Crippen LogP contribution in [-0.2, 0) is 47.4 Å². The van der Waals surface area contributed by atoms with E-state index in [2.05, 4.69) is 0 Å². The van der Waals surface area contributed by atoms with Crippen LogP contribution in [0.25, 0.3) is 28.4 Å². The molecule has 5 aliphatic heterocycles. The second-order valence-electron chi connectivity index (χ2n) is 20.8. The van der Waals surface area contributed by atoms with Crippen LogP contribution in [0, 0.1) is 0 Å². The average molecular weight is 1210 g/mol. The molecule has 0 radical (unpaired) electrons. The number of carbonyl (C=O) groups excluding carboxylic acids is 1. The van der Waals surface area contributed by atoms with Gasteiger partial charge in [0.1, 0.15) is 150 Å². The van der Waals surface area contributed by atoms with Crippen molar-refractivity contribution >= 4 is 23.0 Å². The highest BCUT2D eigenvalue weighted by Crippen LogP contribution is 2.40. The number of aliphatic hydroxyl groups excluding tert-OH is 14. The summed E-state index contributed by atoms with van der Waals surface area (Å²) in [6.45, 7) is 0.0108. The summed E-state index contributed by atoms with van der Waals surface area (Å²) >= 11 is 0. The third kappa shape index (κ3) is 13.4. The smallest absolute Gasteiger partial charge is 0.330 e. The summed E-state index contributed by atoms with van der Waals surface area (Å²) in [7, 11) is 0. The Balaban J connectivity index is 0.958. The van der Waals surface area contributed by atoms with Gasteiger partial charge in [-0.15, -0.1) is 0 Å². The molecule has 0 saturated carbocycles. The molecule has 31 heteroatoms. The molecule has 0 aliphatic carbocycles. The minimum atomic E-state index is -2.28. The highest BCUT2D eigenvalue weighted by molar-refractivity contribution is 5.88. The quantitative estimate of drug-likeness (QED) is 0.0347. The molecule has 25 atom stereocenters. The maximum absolute atomic E-state index is 14.6. The van der Waals surface area contributed by atoms with Gasteiger partial charge >= 0.3 is 5.97 Å². The number of aromatic hydroxyl groups is 3. The molecule has 9 rings (SSSR count).